The van der Waals surface area contributed by atoms with Crippen molar-refractivity contribution in [1.82, 2.24) is 0 Å². The van der Waals surface area contributed by atoms with Crippen molar-refractivity contribution in [3.63, 3.8) is 0 Å². The summed E-state index contributed by atoms with van der Waals surface area (Å²) in [6.07, 6.45) is 2.20. The van der Waals surface area contributed by atoms with E-state index in [1.54, 1.807) is 6.07 Å². The van der Waals surface area contributed by atoms with Gasteiger partial charge in [0.1, 0.15) is 5.82 Å². The Morgan fingerprint density at radius 2 is 2.14 bits per heavy atom. The molecule has 0 aliphatic rings. The van der Waals surface area contributed by atoms with Gasteiger partial charge in [-0.1, -0.05) is 32.4 Å². The van der Waals surface area contributed by atoms with Crippen LogP contribution in [0.25, 0.3) is 0 Å². The third-order valence-corrected chi connectivity index (χ3v) is 2.59. The third kappa shape index (κ3) is 2.81. The van der Waals surface area contributed by atoms with Crippen LogP contribution in [-0.2, 0) is 0 Å². The lowest BCUT2D eigenvalue weighted by Crippen LogP contribution is -2.19. The Bertz CT molecular complexity index is 285. The number of hydrogen-bond acceptors (Lipinski definition) is 1. The monoisotopic (exact) mass is 195 g/mol. The van der Waals surface area contributed by atoms with Crippen molar-refractivity contribution in [3.05, 3.63) is 35.6 Å². The Balaban J connectivity index is 2.73. The van der Waals surface area contributed by atoms with Crippen LogP contribution in [0.4, 0.5) is 4.39 Å². The molecule has 1 rings (SSSR count). The van der Waals surface area contributed by atoms with Gasteiger partial charge in [-0.2, -0.15) is 0 Å². The smallest absolute Gasteiger partial charge is 0.123 e. The zero-order valence-electron chi connectivity index (χ0n) is 8.83. The first kappa shape index (κ1) is 11.2. The zero-order chi connectivity index (χ0) is 10.6. The third-order valence-electron chi connectivity index (χ3n) is 2.59. The normalized spacial score (nSPS) is 15.1. The predicted molar refractivity (Wildman–Crippen MR) is 57.4 cm³/mol. The molecule has 1 nitrogen and oxygen atoms in total. The standard InChI is InChI=1S/C12H18FN/c1-3-5-9(2)12(14)10-6-4-7-11(13)8-10/h4,6-9,12H,3,5,14H2,1-2H3. The molecule has 0 aliphatic carbocycles. The first-order valence-electron chi connectivity index (χ1n) is 5.16. The highest BCUT2D eigenvalue weighted by Gasteiger charge is 2.13. The Labute approximate surface area is 85.1 Å². The van der Waals surface area contributed by atoms with Crippen LogP contribution in [0.15, 0.2) is 24.3 Å². The van der Waals surface area contributed by atoms with Gasteiger partial charge in [-0.3, -0.25) is 0 Å². The summed E-state index contributed by atoms with van der Waals surface area (Å²) in [7, 11) is 0. The quantitative estimate of drug-likeness (QED) is 0.784. The topological polar surface area (TPSA) is 26.0 Å². The summed E-state index contributed by atoms with van der Waals surface area (Å²) in [6.45, 7) is 4.24. The van der Waals surface area contributed by atoms with E-state index in [0.717, 1.165) is 18.4 Å². The average Bonchev–Trinajstić information content (AvgIpc) is 2.17. The fourth-order valence-corrected chi connectivity index (χ4v) is 1.68. The average molecular weight is 195 g/mol. The molecule has 0 aromatic heterocycles. The minimum atomic E-state index is -0.207. The fourth-order valence-electron chi connectivity index (χ4n) is 1.68. The number of rotatable bonds is 4. The molecule has 14 heavy (non-hydrogen) atoms. The maximum absolute atomic E-state index is 12.9. The largest absolute Gasteiger partial charge is 0.324 e. The maximum atomic E-state index is 12.9. The highest BCUT2D eigenvalue weighted by Crippen LogP contribution is 2.23. The predicted octanol–water partition coefficient (Wildman–Crippen LogP) is 3.26. The second kappa shape index (κ2) is 5.11. The van der Waals surface area contributed by atoms with Crippen molar-refractivity contribution in [3.8, 4) is 0 Å². The molecule has 0 amide bonds. The van der Waals surface area contributed by atoms with Crippen molar-refractivity contribution in [2.75, 3.05) is 0 Å². The highest BCUT2D eigenvalue weighted by atomic mass is 19.1. The Hall–Kier alpha value is -0.890. The molecular formula is C12H18FN. The summed E-state index contributed by atoms with van der Waals surface area (Å²) >= 11 is 0. The lowest BCUT2D eigenvalue weighted by Gasteiger charge is -2.19. The number of benzene rings is 1. The molecule has 0 heterocycles. The van der Waals surface area contributed by atoms with Crippen LogP contribution < -0.4 is 5.73 Å². The molecular weight excluding hydrogens is 177 g/mol. The van der Waals surface area contributed by atoms with Crippen LogP contribution >= 0.6 is 0 Å². The first-order valence-corrected chi connectivity index (χ1v) is 5.16. The molecule has 0 radical (unpaired) electrons. The van der Waals surface area contributed by atoms with Crippen molar-refractivity contribution in [2.45, 2.75) is 32.7 Å². The van der Waals surface area contributed by atoms with Gasteiger partial charge in [0, 0.05) is 6.04 Å². The Morgan fingerprint density at radius 1 is 1.43 bits per heavy atom. The number of hydrogen-bond donors (Lipinski definition) is 1. The van der Waals surface area contributed by atoms with Crippen LogP contribution in [0, 0.1) is 11.7 Å². The summed E-state index contributed by atoms with van der Waals surface area (Å²) in [6, 6.07) is 6.52. The molecule has 2 heteroatoms. The molecule has 0 saturated carbocycles. The fraction of sp³-hybridized carbons (Fsp3) is 0.500. The molecule has 0 fully saturated rings. The van der Waals surface area contributed by atoms with E-state index in [9.17, 15) is 4.39 Å². The molecule has 1 aromatic carbocycles. The number of nitrogens with two attached hydrogens (primary N) is 1. The molecule has 2 atom stereocenters. The van der Waals surface area contributed by atoms with Crippen LogP contribution in [0.3, 0.4) is 0 Å². The molecule has 0 saturated heterocycles. The van der Waals surface area contributed by atoms with E-state index in [-0.39, 0.29) is 11.9 Å². The van der Waals surface area contributed by atoms with Gasteiger partial charge >= 0.3 is 0 Å². The number of halogens is 1. The van der Waals surface area contributed by atoms with Gasteiger partial charge in [-0.25, -0.2) is 4.39 Å². The van der Waals surface area contributed by atoms with Gasteiger partial charge in [-0.15, -0.1) is 0 Å². The maximum Gasteiger partial charge on any atom is 0.123 e. The van der Waals surface area contributed by atoms with Crippen molar-refractivity contribution >= 4 is 0 Å². The minimum absolute atomic E-state index is 0.0503. The van der Waals surface area contributed by atoms with E-state index in [0.29, 0.717) is 5.92 Å². The Kier molecular flexibility index (Phi) is 4.08. The minimum Gasteiger partial charge on any atom is -0.324 e. The first-order chi connectivity index (χ1) is 6.65. The zero-order valence-corrected chi connectivity index (χ0v) is 8.83. The van der Waals surface area contributed by atoms with Gasteiger partial charge in [0.25, 0.3) is 0 Å². The van der Waals surface area contributed by atoms with Crippen molar-refractivity contribution < 1.29 is 4.39 Å². The van der Waals surface area contributed by atoms with E-state index in [1.165, 1.54) is 12.1 Å². The van der Waals surface area contributed by atoms with E-state index >= 15 is 0 Å². The van der Waals surface area contributed by atoms with Crippen LogP contribution in [-0.4, -0.2) is 0 Å². The molecule has 78 valence electrons. The van der Waals surface area contributed by atoms with E-state index in [2.05, 4.69) is 13.8 Å². The summed E-state index contributed by atoms with van der Waals surface area (Å²) in [5.41, 5.74) is 6.92. The second-order valence-corrected chi connectivity index (χ2v) is 3.85. The van der Waals surface area contributed by atoms with Gasteiger partial charge in [0.15, 0.2) is 0 Å². The molecule has 0 bridgehead atoms. The SMILES string of the molecule is CCCC(C)C(N)c1cccc(F)c1. The lowest BCUT2D eigenvalue weighted by atomic mass is 9.92. The summed E-state index contributed by atoms with van der Waals surface area (Å²) in [5, 5.41) is 0. The van der Waals surface area contributed by atoms with Crippen LogP contribution in [0.2, 0.25) is 0 Å². The summed E-state index contributed by atoms with van der Waals surface area (Å²) in [5.74, 6) is 0.198. The molecule has 2 unspecified atom stereocenters. The lowest BCUT2D eigenvalue weighted by molar-refractivity contribution is 0.432. The van der Waals surface area contributed by atoms with Crippen LogP contribution in [0.1, 0.15) is 38.3 Å². The van der Waals surface area contributed by atoms with Crippen LogP contribution in [0.5, 0.6) is 0 Å². The van der Waals surface area contributed by atoms with Gasteiger partial charge in [-0.05, 0) is 30.0 Å². The van der Waals surface area contributed by atoms with Crippen molar-refractivity contribution in [1.29, 1.82) is 0 Å². The highest BCUT2D eigenvalue weighted by molar-refractivity contribution is 5.20. The molecule has 0 aliphatic heterocycles. The molecule has 2 N–H and O–H groups in total. The summed E-state index contributed by atoms with van der Waals surface area (Å²) < 4.78 is 12.9. The molecule has 0 spiro atoms. The van der Waals surface area contributed by atoms with Gasteiger partial charge in [0.05, 0.1) is 0 Å². The summed E-state index contributed by atoms with van der Waals surface area (Å²) in [4.78, 5) is 0. The van der Waals surface area contributed by atoms with E-state index in [4.69, 9.17) is 5.73 Å². The van der Waals surface area contributed by atoms with Gasteiger partial charge < -0.3 is 5.73 Å². The van der Waals surface area contributed by atoms with E-state index < -0.39 is 0 Å². The molecule has 1 aromatic rings. The Morgan fingerprint density at radius 3 is 2.71 bits per heavy atom. The van der Waals surface area contributed by atoms with E-state index in [1.807, 2.05) is 6.07 Å². The van der Waals surface area contributed by atoms with Crippen molar-refractivity contribution in [2.24, 2.45) is 11.7 Å². The van der Waals surface area contributed by atoms with Gasteiger partial charge in [0.2, 0.25) is 0 Å². The second-order valence-electron chi connectivity index (χ2n) is 3.85.